The Hall–Kier alpha value is -3.67. The summed E-state index contributed by atoms with van der Waals surface area (Å²) in [5.41, 5.74) is 4.85. The Bertz CT molecular complexity index is 1150. The smallest absolute Gasteiger partial charge is 0.288 e. The zero-order valence-corrected chi connectivity index (χ0v) is 18.9. The van der Waals surface area contributed by atoms with Gasteiger partial charge in [0, 0.05) is 24.2 Å². The SMILES string of the molecule is Cc1ccccc1-c1ncc(C(=O)NCc2ccc(C(=O)NCCC3=CCCCC3)cc2)o1. The van der Waals surface area contributed by atoms with Gasteiger partial charge in [-0.25, -0.2) is 4.98 Å². The Labute approximate surface area is 194 Å². The molecular formula is C27H29N3O3. The molecule has 0 spiro atoms. The number of aryl methyl sites for hydroxylation is 1. The molecule has 0 atom stereocenters. The largest absolute Gasteiger partial charge is 0.431 e. The molecule has 0 radical (unpaired) electrons. The van der Waals surface area contributed by atoms with E-state index in [9.17, 15) is 9.59 Å². The second-order valence-corrected chi connectivity index (χ2v) is 8.34. The first kappa shape index (κ1) is 22.5. The Morgan fingerprint density at radius 1 is 1.00 bits per heavy atom. The van der Waals surface area contributed by atoms with E-state index in [0.717, 1.165) is 36.0 Å². The van der Waals surface area contributed by atoms with Gasteiger partial charge >= 0.3 is 0 Å². The lowest BCUT2D eigenvalue weighted by Crippen LogP contribution is -2.25. The summed E-state index contributed by atoms with van der Waals surface area (Å²) in [4.78, 5) is 29.1. The van der Waals surface area contributed by atoms with Crippen molar-refractivity contribution in [3.05, 3.63) is 88.8 Å². The number of allylic oxidation sites excluding steroid dienone is 1. The quantitative estimate of drug-likeness (QED) is 0.469. The van der Waals surface area contributed by atoms with Crippen LogP contribution in [0.3, 0.4) is 0 Å². The summed E-state index contributed by atoms with van der Waals surface area (Å²) in [6.45, 7) is 2.96. The number of nitrogens with one attached hydrogen (secondary N) is 2. The van der Waals surface area contributed by atoms with E-state index < -0.39 is 0 Å². The van der Waals surface area contributed by atoms with Crippen LogP contribution in [0, 0.1) is 6.92 Å². The van der Waals surface area contributed by atoms with Crippen LogP contribution in [-0.2, 0) is 6.54 Å². The zero-order valence-electron chi connectivity index (χ0n) is 18.9. The van der Waals surface area contributed by atoms with Crippen molar-refractivity contribution in [3.8, 4) is 11.5 Å². The third kappa shape index (κ3) is 5.98. The van der Waals surface area contributed by atoms with Gasteiger partial charge in [-0.05, 0) is 68.4 Å². The van der Waals surface area contributed by atoms with Gasteiger partial charge in [0.05, 0.1) is 6.20 Å². The predicted octanol–water partition coefficient (Wildman–Crippen LogP) is 5.20. The number of aromatic nitrogens is 1. The maximum atomic E-state index is 12.5. The molecule has 1 aromatic heterocycles. The van der Waals surface area contributed by atoms with Crippen LogP contribution in [0.1, 0.15) is 64.1 Å². The van der Waals surface area contributed by atoms with Gasteiger partial charge in [-0.1, -0.05) is 42.0 Å². The average Bonchev–Trinajstić information content (AvgIpc) is 3.34. The number of rotatable bonds is 8. The molecule has 0 unspecified atom stereocenters. The van der Waals surface area contributed by atoms with Crippen LogP contribution >= 0.6 is 0 Å². The summed E-state index contributed by atoms with van der Waals surface area (Å²) in [5.74, 6) is 0.180. The number of amides is 2. The second kappa shape index (κ2) is 10.8. The fourth-order valence-electron chi connectivity index (χ4n) is 3.93. The van der Waals surface area contributed by atoms with Crippen molar-refractivity contribution in [3.63, 3.8) is 0 Å². The summed E-state index contributed by atoms with van der Waals surface area (Å²) in [7, 11) is 0. The standard InChI is InChI=1S/C27H29N3O3/c1-19-7-5-6-10-23(19)27-30-18-24(33-27)26(32)29-17-21-11-13-22(14-12-21)25(31)28-16-15-20-8-3-2-4-9-20/h5-8,10-14,18H,2-4,9,15-17H2,1H3,(H,28,31)(H,29,32). The maximum absolute atomic E-state index is 12.5. The van der Waals surface area contributed by atoms with Crippen molar-refractivity contribution in [2.45, 2.75) is 45.6 Å². The molecule has 2 aromatic carbocycles. The molecule has 0 fully saturated rings. The minimum Gasteiger partial charge on any atom is -0.431 e. The molecular weight excluding hydrogens is 414 g/mol. The second-order valence-electron chi connectivity index (χ2n) is 8.34. The van der Waals surface area contributed by atoms with E-state index in [1.807, 2.05) is 43.3 Å². The molecule has 0 saturated carbocycles. The molecule has 170 valence electrons. The summed E-state index contributed by atoms with van der Waals surface area (Å²) >= 11 is 0. The number of benzene rings is 2. The highest BCUT2D eigenvalue weighted by Gasteiger charge is 2.15. The van der Waals surface area contributed by atoms with Crippen molar-refractivity contribution < 1.29 is 14.0 Å². The lowest BCUT2D eigenvalue weighted by Gasteiger charge is -2.13. The molecule has 2 amide bonds. The summed E-state index contributed by atoms with van der Waals surface area (Å²) < 4.78 is 5.65. The Kier molecular flexibility index (Phi) is 7.35. The van der Waals surface area contributed by atoms with Gasteiger partial charge in [-0.2, -0.15) is 0 Å². The van der Waals surface area contributed by atoms with Crippen molar-refractivity contribution >= 4 is 11.8 Å². The molecule has 2 N–H and O–H groups in total. The Morgan fingerprint density at radius 3 is 2.58 bits per heavy atom. The van der Waals surface area contributed by atoms with Crippen LogP contribution in [0.15, 0.2) is 70.8 Å². The van der Waals surface area contributed by atoms with Crippen molar-refractivity contribution in [1.29, 1.82) is 0 Å². The number of oxazole rings is 1. The van der Waals surface area contributed by atoms with E-state index in [1.165, 1.54) is 24.6 Å². The summed E-state index contributed by atoms with van der Waals surface area (Å²) in [6, 6.07) is 15.0. The number of carbonyl (C=O) groups excluding carboxylic acids is 2. The van der Waals surface area contributed by atoms with Crippen LogP contribution in [0.4, 0.5) is 0 Å². The van der Waals surface area contributed by atoms with E-state index in [2.05, 4.69) is 21.7 Å². The minimum atomic E-state index is -0.332. The van der Waals surface area contributed by atoms with Crippen LogP contribution in [0.25, 0.3) is 11.5 Å². The normalized spacial score (nSPS) is 13.3. The van der Waals surface area contributed by atoms with Crippen molar-refractivity contribution in [1.82, 2.24) is 15.6 Å². The summed E-state index contributed by atoms with van der Waals surface area (Å²) in [6.07, 6.45) is 9.50. The fourth-order valence-corrected chi connectivity index (χ4v) is 3.93. The highest BCUT2D eigenvalue weighted by molar-refractivity contribution is 5.94. The maximum Gasteiger partial charge on any atom is 0.288 e. The number of hydrogen-bond donors (Lipinski definition) is 2. The molecule has 33 heavy (non-hydrogen) atoms. The predicted molar refractivity (Wildman–Crippen MR) is 128 cm³/mol. The monoisotopic (exact) mass is 443 g/mol. The third-order valence-electron chi connectivity index (χ3n) is 5.89. The molecule has 0 bridgehead atoms. The molecule has 1 heterocycles. The summed E-state index contributed by atoms with van der Waals surface area (Å²) in [5, 5.41) is 5.82. The highest BCUT2D eigenvalue weighted by Crippen LogP contribution is 2.23. The molecule has 4 rings (SSSR count). The molecule has 6 heteroatoms. The lowest BCUT2D eigenvalue weighted by molar-refractivity contribution is 0.0921. The molecule has 6 nitrogen and oxygen atoms in total. The van der Waals surface area contributed by atoms with Crippen molar-refractivity contribution in [2.75, 3.05) is 6.54 Å². The van der Waals surface area contributed by atoms with Gasteiger partial charge in [0.25, 0.3) is 11.8 Å². The Morgan fingerprint density at radius 2 is 1.82 bits per heavy atom. The van der Waals surface area contributed by atoms with E-state index in [-0.39, 0.29) is 17.6 Å². The molecule has 1 aliphatic carbocycles. The van der Waals surface area contributed by atoms with Gasteiger partial charge in [0.15, 0.2) is 0 Å². The first-order valence-electron chi connectivity index (χ1n) is 11.5. The van der Waals surface area contributed by atoms with E-state index in [0.29, 0.717) is 24.5 Å². The lowest BCUT2D eigenvalue weighted by atomic mass is 9.97. The number of carbonyl (C=O) groups is 2. The first-order valence-corrected chi connectivity index (χ1v) is 11.5. The van der Waals surface area contributed by atoms with Crippen LogP contribution in [0.5, 0.6) is 0 Å². The van der Waals surface area contributed by atoms with Gasteiger partial charge in [-0.3, -0.25) is 9.59 Å². The zero-order chi connectivity index (χ0) is 23.0. The van der Waals surface area contributed by atoms with Crippen molar-refractivity contribution in [2.24, 2.45) is 0 Å². The molecule has 1 aliphatic rings. The van der Waals surface area contributed by atoms with E-state index in [1.54, 1.807) is 12.1 Å². The number of nitrogens with zero attached hydrogens (tertiary/aromatic N) is 1. The van der Waals surface area contributed by atoms with E-state index in [4.69, 9.17) is 4.42 Å². The number of hydrogen-bond acceptors (Lipinski definition) is 4. The van der Waals surface area contributed by atoms with Gasteiger partial charge in [0.1, 0.15) is 0 Å². The molecule has 0 aliphatic heterocycles. The average molecular weight is 444 g/mol. The fraction of sp³-hybridized carbons (Fsp3) is 0.296. The first-order chi connectivity index (χ1) is 16.1. The topological polar surface area (TPSA) is 84.2 Å². The molecule has 0 saturated heterocycles. The van der Waals surface area contributed by atoms with Crippen LogP contribution in [0.2, 0.25) is 0 Å². The Balaban J connectivity index is 1.26. The highest BCUT2D eigenvalue weighted by atomic mass is 16.4. The third-order valence-corrected chi connectivity index (χ3v) is 5.89. The van der Waals surface area contributed by atoms with E-state index >= 15 is 0 Å². The van der Waals surface area contributed by atoms with Gasteiger partial charge in [0.2, 0.25) is 11.7 Å². The minimum absolute atomic E-state index is 0.0765. The van der Waals surface area contributed by atoms with Crippen LogP contribution in [-0.4, -0.2) is 23.3 Å². The van der Waals surface area contributed by atoms with Gasteiger partial charge < -0.3 is 15.1 Å². The van der Waals surface area contributed by atoms with Crippen LogP contribution < -0.4 is 10.6 Å². The molecule has 3 aromatic rings. The van der Waals surface area contributed by atoms with Gasteiger partial charge in [-0.15, -0.1) is 0 Å².